The zero-order chi connectivity index (χ0) is 45.1. The molecular weight excluding hydrogens is 757 g/mol. The number of carboxylic acids is 1. The Morgan fingerprint density at radius 2 is 1.41 bits per heavy atom. The van der Waals surface area contributed by atoms with Crippen molar-refractivity contribution in [1.29, 1.82) is 0 Å². The number of carbonyl (C=O) groups excluding carboxylic acids is 6. The highest BCUT2D eigenvalue weighted by atomic mass is 16.5. The number of ether oxygens (including phenoxy) is 1. The van der Waals surface area contributed by atoms with Gasteiger partial charge in [-0.15, -0.1) is 0 Å². The van der Waals surface area contributed by atoms with Gasteiger partial charge in [0.2, 0.25) is 23.6 Å². The average Bonchev–Trinajstić information content (AvgIpc) is 3.18. The van der Waals surface area contributed by atoms with Crippen molar-refractivity contribution >= 4 is 41.5 Å². The summed E-state index contributed by atoms with van der Waals surface area (Å²) in [6, 6.07) is 4.93. The highest BCUT2D eigenvalue weighted by Crippen LogP contribution is 2.22. The largest absolute Gasteiger partial charge is 0.480 e. The molecule has 0 bridgehead atoms. The smallest absolute Gasteiger partial charge is 0.334 e. The van der Waals surface area contributed by atoms with Gasteiger partial charge in [-0.25, -0.2) is 9.59 Å². The van der Waals surface area contributed by atoms with Gasteiger partial charge in [0.1, 0.15) is 18.1 Å². The second kappa shape index (κ2) is 25.6. The van der Waals surface area contributed by atoms with E-state index in [0.717, 1.165) is 16.9 Å². The van der Waals surface area contributed by atoms with Crippen molar-refractivity contribution in [2.24, 2.45) is 29.4 Å². The number of amides is 5. The van der Waals surface area contributed by atoms with Crippen LogP contribution in [-0.4, -0.2) is 113 Å². The number of rotatable bonds is 25. The molecule has 4 unspecified atom stereocenters. The summed E-state index contributed by atoms with van der Waals surface area (Å²) in [5.41, 5.74) is 6.85. The minimum absolute atomic E-state index is 0.0436. The average molecular weight is 829 g/mol. The molecule has 0 spiro atoms. The van der Waals surface area contributed by atoms with E-state index in [1.54, 1.807) is 51.1 Å². The number of nitrogens with zero attached hydrogens (tertiary/aromatic N) is 2. The van der Waals surface area contributed by atoms with Crippen molar-refractivity contribution in [1.82, 2.24) is 25.8 Å². The standard InChI is InChI=1S/C44H72N6O9/c1-13-27(5)37(48-39(52)31(9)45)29(7)19-18-20-30(8)44(58)59-35(23-26(3)4)40(53)46-32(10)41(54)50(12)34(24-33-21-16-15-17-22-33)42(55)49(11)25-36(51)47-38(43(56)57)28(6)14-2/h15-17,20-22,26-29,31-32,34-35,37-38H,13-14,18-19,23-25,45H2,1-12H3,(H,46,53)(H,47,51)(H,48,52)(H,56,57)/b30-20+/t27?,28?,29-,31?,32+,34?,35+,37+,38-/m0/s1. The summed E-state index contributed by atoms with van der Waals surface area (Å²) in [5, 5.41) is 17.9. The van der Waals surface area contributed by atoms with E-state index in [4.69, 9.17) is 10.5 Å². The van der Waals surface area contributed by atoms with Gasteiger partial charge >= 0.3 is 11.9 Å². The first-order valence-electron chi connectivity index (χ1n) is 20.9. The van der Waals surface area contributed by atoms with Crippen molar-refractivity contribution < 1.29 is 43.4 Å². The Kier molecular flexibility index (Phi) is 22.7. The van der Waals surface area contributed by atoms with Gasteiger partial charge in [-0.2, -0.15) is 0 Å². The molecule has 0 aromatic heterocycles. The van der Waals surface area contributed by atoms with Crippen molar-refractivity contribution in [2.45, 2.75) is 144 Å². The van der Waals surface area contributed by atoms with Crippen molar-refractivity contribution in [2.75, 3.05) is 20.6 Å². The lowest BCUT2D eigenvalue weighted by molar-refractivity contribution is -0.154. The summed E-state index contributed by atoms with van der Waals surface area (Å²) in [7, 11) is 2.84. The molecule has 332 valence electrons. The minimum atomic E-state index is -1.20. The van der Waals surface area contributed by atoms with E-state index in [-0.39, 0.29) is 48.5 Å². The van der Waals surface area contributed by atoms with Crippen molar-refractivity contribution in [3.05, 3.63) is 47.5 Å². The first kappa shape index (κ1) is 52.2. The number of carboxylic acid groups (broad SMARTS) is 1. The van der Waals surface area contributed by atoms with Gasteiger partial charge in [0, 0.05) is 32.1 Å². The van der Waals surface area contributed by atoms with Crippen LogP contribution >= 0.6 is 0 Å². The normalized spacial score (nSPS) is 16.2. The van der Waals surface area contributed by atoms with E-state index >= 15 is 0 Å². The van der Waals surface area contributed by atoms with Crippen LogP contribution in [0.5, 0.6) is 0 Å². The summed E-state index contributed by atoms with van der Waals surface area (Å²) >= 11 is 0. The highest BCUT2D eigenvalue weighted by Gasteiger charge is 2.35. The molecule has 59 heavy (non-hydrogen) atoms. The van der Waals surface area contributed by atoms with Crippen LogP contribution in [0.15, 0.2) is 42.0 Å². The number of hydrogen-bond donors (Lipinski definition) is 5. The quantitative estimate of drug-likeness (QED) is 0.0709. The first-order chi connectivity index (χ1) is 27.5. The van der Waals surface area contributed by atoms with Gasteiger partial charge < -0.3 is 41.3 Å². The molecular formula is C44H72N6O9. The second-order valence-corrected chi connectivity index (χ2v) is 16.5. The number of esters is 1. The fourth-order valence-electron chi connectivity index (χ4n) is 6.58. The topological polar surface area (TPSA) is 218 Å². The Morgan fingerprint density at radius 3 is 1.93 bits per heavy atom. The molecule has 0 aliphatic carbocycles. The van der Waals surface area contributed by atoms with E-state index < -0.39 is 72.4 Å². The molecule has 0 fully saturated rings. The summed E-state index contributed by atoms with van der Waals surface area (Å²) in [4.78, 5) is 94.1. The number of hydrogen-bond acceptors (Lipinski definition) is 9. The maximum atomic E-state index is 13.9. The fourth-order valence-corrected chi connectivity index (χ4v) is 6.58. The molecule has 1 aromatic rings. The minimum Gasteiger partial charge on any atom is -0.480 e. The van der Waals surface area contributed by atoms with Crippen LogP contribution in [-0.2, 0) is 44.7 Å². The molecule has 6 N–H and O–H groups in total. The molecule has 0 saturated heterocycles. The van der Waals surface area contributed by atoms with Crippen LogP contribution in [0.1, 0.15) is 107 Å². The number of allylic oxidation sites excluding steroid dienone is 1. The van der Waals surface area contributed by atoms with Gasteiger partial charge in [-0.3, -0.25) is 24.0 Å². The van der Waals surface area contributed by atoms with Gasteiger partial charge in [0.15, 0.2) is 6.10 Å². The van der Waals surface area contributed by atoms with Crippen LogP contribution < -0.4 is 21.7 Å². The van der Waals surface area contributed by atoms with E-state index in [1.165, 1.54) is 25.9 Å². The second-order valence-electron chi connectivity index (χ2n) is 16.5. The number of nitrogens with two attached hydrogens (primary N) is 1. The number of carbonyl (C=O) groups is 7. The van der Waals surface area contributed by atoms with E-state index in [1.807, 2.05) is 33.8 Å². The molecule has 1 aromatic carbocycles. The summed E-state index contributed by atoms with van der Waals surface area (Å²) in [6.07, 6.45) is 3.44. The molecule has 0 saturated carbocycles. The van der Waals surface area contributed by atoms with Gasteiger partial charge in [0.05, 0.1) is 12.6 Å². The Bertz CT molecular complexity index is 1580. The third-order valence-electron chi connectivity index (χ3n) is 10.9. The number of benzene rings is 1. The van der Waals surface area contributed by atoms with Gasteiger partial charge in [0.25, 0.3) is 5.91 Å². The first-order valence-corrected chi connectivity index (χ1v) is 20.9. The van der Waals surface area contributed by atoms with E-state index in [2.05, 4.69) is 29.8 Å². The summed E-state index contributed by atoms with van der Waals surface area (Å²) in [6.45, 7) is 17.7. The molecule has 0 aliphatic heterocycles. The maximum Gasteiger partial charge on any atom is 0.334 e. The molecule has 0 heterocycles. The van der Waals surface area contributed by atoms with Crippen molar-refractivity contribution in [3.8, 4) is 0 Å². The van der Waals surface area contributed by atoms with Crippen LogP contribution in [0.25, 0.3) is 0 Å². The Balaban J connectivity index is 3.13. The Morgan fingerprint density at radius 1 is 0.814 bits per heavy atom. The maximum absolute atomic E-state index is 13.9. The molecule has 9 atom stereocenters. The Hall–Kier alpha value is -4.79. The van der Waals surface area contributed by atoms with E-state index in [0.29, 0.717) is 24.8 Å². The molecule has 15 nitrogen and oxygen atoms in total. The molecule has 0 aliphatic rings. The van der Waals surface area contributed by atoms with Crippen LogP contribution in [0.2, 0.25) is 0 Å². The number of likely N-dealkylation sites (N-methyl/N-ethyl adjacent to an activating group) is 2. The third kappa shape index (κ3) is 17.5. The van der Waals surface area contributed by atoms with Gasteiger partial charge in [-0.05, 0) is 69.3 Å². The third-order valence-corrected chi connectivity index (χ3v) is 10.9. The molecule has 15 heteroatoms. The van der Waals surface area contributed by atoms with Crippen molar-refractivity contribution in [3.63, 3.8) is 0 Å². The Labute approximate surface area is 351 Å². The lowest BCUT2D eigenvalue weighted by Gasteiger charge is -2.33. The highest BCUT2D eigenvalue weighted by molar-refractivity contribution is 5.95. The van der Waals surface area contributed by atoms with Crippen LogP contribution in [0.4, 0.5) is 0 Å². The number of nitrogens with one attached hydrogen (secondary N) is 3. The monoisotopic (exact) mass is 829 g/mol. The zero-order valence-corrected chi connectivity index (χ0v) is 37.4. The predicted molar refractivity (Wildman–Crippen MR) is 227 cm³/mol. The predicted octanol–water partition coefficient (Wildman–Crippen LogP) is 3.83. The fraction of sp³-hybridized carbons (Fsp3) is 0.659. The van der Waals surface area contributed by atoms with E-state index in [9.17, 15) is 38.7 Å². The molecule has 1 rings (SSSR count). The van der Waals surface area contributed by atoms with Gasteiger partial charge in [-0.1, -0.05) is 97.7 Å². The zero-order valence-electron chi connectivity index (χ0n) is 37.4. The SMILES string of the molecule is CCC(C)[C@H](NC(=O)CN(C)C(=O)C(Cc1ccccc1)N(C)C(=O)[C@@H](C)NC(=O)[C@@H](CC(C)C)OC(=O)/C(C)=C/CC[C@H](C)[C@H](NC(=O)C(C)N)C(C)CC)C(=O)O. The summed E-state index contributed by atoms with van der Waals surface area (Å²) < 4.78 is 5.71. The lowest BCUT2D eigenvalue weighted by atomic mass is 9.85. The lowest BCUT2D eigenvalue weighted by Crippen LogP contribution is -2.56. The van der Waals surface area contributed by atoms with Crippen LogP contribution in [0.3, 0.4) is 0 Å². The molecule has 5 amide bonds. The number of aliphatic carboxylic acids is 1. The van der Waals surface area contributed by atoms with Crippen LogP contribution in [0, 0.1) is 23.7 Å². The summed E-state index contributed by atoms with van der Waals surface area (Å²) in [5.74, 6) is -4.63. The molecule has 0 radical (unpaired) electrons.